The molecule has 0 bridgehead atoms. The number of nitrogens with zero attached hydrogens (tertiary/aromatic N) is 3. The van der Waals surface area contributed by atoms with Gasteiger partial charge in [-0.05, 0) is 42.8 Å². The first-order valence-corrected chi connectivity index (χ1v) is 8.32. The Morgan fingerprint density at radius 2 is 1.88 bits per heavy atom. The van der Waals surface area contributed by atoms with Crippen LogP contribution in [0.4, 0.5) is 11.4 Å². The third-order valence-electron chi connectivity index (χ3n) is 4.37. The lowest BCUT2D eigenvalue weighted by molar-refractivity contribution is -0.117. The molecular formula is C19H16N4O3. The summed E-state index contributed by atoms with van der Waals surface area (Å²) >= 11 is 0. The minimum Gasteiger partial charge on any atom is -0.322 e. The Morgan fingerprint density at radius 1 is 1.08 bits per heavy atom. The van der Waals surface area contributed by atoms with Crippen LogP contribution in [-0.2, 0) is 4.79 Å². The average Bonchev–Trinajstić information content (AvgIpc) is 3.09. The number of hydrogen-bond donors (Lipinski definition) is 1. The van der Waals surface area contributed by atoms with E-state index < -0.39 is 11.5 Å². The number of nitrogens with one attached hydrogen (secondary N) is 1. The molecule has 2 amide bonds. The van der Waals surface area contributed by atoms with Gasteiger partial charge in [-0.15, -0.1) is 0 Å². The second-order valence-electron chi connectivity index (χ2n) is 6.06. The van der Waals surface area contributed by atoms with Gasteiger partial charge in [-0.3, -0.25) is 18.8 Å². The first-order chi connectivity index (χ1) is 12.6. The summed E-state index contributed by atoms with van der Waals surface area (Å²) in [6, 6.07) is 12.2. The molecule has 3 heterocycles. The number of hydrogen-bond acceptors (Lipinski definition) is 4. The molecule has 7 nitrogen and oxygen atoms in total. The Hall–Kier alpha value is -3.48. The van der Waals surface area contributed by atoms with Crippen molar-refractivity contribution in [2.24, 2.45) is 0 Å². The highest BCUT2D eigenvalue weighted by Gasteiger charge is 2.21. The zero-order valence-corrected chi connectivity index (χ0v) is 13.9. The maximum absolute atomic E-state index is 12.4. The van der Waals surface area contributed by atoms with E-state index in [1.54, 1.807) is 53.6 Å². The van der Waals surface area contributed by atoms with E-state index in [1.807, 2.05) is 0 Å². The molecule has 1 aromatic carbocycles. The van der Waals surface area contributed by atoms with Crippen molar-refractivity contribution >= 4 is 28.8 Å². The highest BCUT2D eigenvalue weighted by molar-refractivity contribution is 6.04. The van der Waals surface area contributed by atoms with Crippen LogP contribution in [0.15, 0.2) is 59.7 Å². The predicted octanol–water partition coefficient (Wildman–Crippen LogP) is 2.07. The van der Waals surface area contributed by atoms with E-state index in [4.69, 9.17) is 0 Å². The number of aromatic nitrogens is 2. The monoisotopic (exact) mass is 348 g/mol. The second kappa shape index (κ2) is 6.44. The largest absolute Gasteiger partial charge is 0.322 e. The molecule has 1 aliphatic heterocycles. The SMILES string of the molecule is O=C(Nc1ccc(N2CCCC2=O)cc1)c1cnc2ccccn2c1=O. The molecule has 0 unspecified atom stereocenters. The van der Waals surface area contributed by atoms with Crippen molar-refractivity contribution in [3.8, 4) is 0 Å². The van der Waals surface area contributed by atoms with Crippen LogP contribution < -0.4 is 15.8 Å². The van der Waals surface area contributed by atoms with Crippen LogP contribution >= 0.6 is 0 Å². The van der Waals surface area contributed by atoms with Crippen molar-refractivity contribution in [2.75, 3.05) is 16.8 Å². The average molecular weight is 348 g/mol. The molecule has 0 radical (unpaired) electrons. The topological polar surface area (TPSA) is 83.8 Å². The molecule has 1 fully saturated rings. The van der Waals surface area contributed by atoms with E-state index in [1.165, 1.54) is 10.6 Å². The summed E-state index contributed by atoms with van der Waals surface area (Å²) < 4.78 is 1.33. The number of anilines is 2. The van der Waals surface area contributed by atoms with Crippen LogP contribution in [0.5, 0.6) is 0 Å². The molecule has 4 rings (SSSR count). The van der Waals surface area contributed by atoms with Crippen molar-refractivity contribution in [3.63, 3.8) is 0 Å². The van der Waals surface area contributed by atoms with Gasteiger partial charge in [0.05, 0.1) is 0 Å². The lowest BCUT2D eigenvalue weighted by Gasteiger charge is -2.16. The zero-order valence-electron chi connectivity index (χ0n) is 13.9. The van der Waals surface area contributed by atoms with Gasteiger partial charge in [0.15, 0.2) is 0 Å². The number of benzene rings is 1. The van der Waals surface area contributed by atoms with Crippen molar-refractivity contribution in [1.29, 1.82) is 0 Å². The first-order valence-electron chi connectivity index (χ1n) is 8.32. The highest BCUT2D eigenvalue weighted by atomic mass is 16.2. The quantitative estimate of drug-likeness (QED) is 0.785. The normalized spacial score (nSPS) is 14.0. The summed E-state index contributed by atoms with van der Waals surface area (Å²) in [6.45, 7) is 0.712. The van der Waals surface area contributed by atoms with Crippen LogP contribution in [0, 0.1) is 0 Å². The second-order valence-corrected chi connectivity index (χ2v) is 6.06. The molecule has 1 N–H and O–H groups in total. The van der Waals surface area contributed by atoms with Gasteiger partial charge in [-0.2, -0.15) is 0 Å². The van der Waals surface area contributed by atoms with Crippen LogP contribution in [0.2, 0.25) is 0 Å². The molecule has 26 heavy (non-hydrogen) atoms. The third-order valence-corrected chi connectivity index (χ3v) is 4.37. The number of fused-ring (bicyclic) bond motifs is 1. The molecule has 1 saturated heterocycles. The van der Waals surface area contributed by atoms with Gasteiger partial charge in [0.1, 0.15) is 11.2 Å². The van der Waals surface area contributed by atoms with Crippen molar-refractivity contribution < 1.29 is 9.59 Å². The number of rotatable bonds is 3. The Balaban J connectivity index is 1.56. The third kappa shape index (κ3) is 2.83. The summed E-state index contributed by atoms with van der Waals surface area (Å²) in [7, 11) is 0. The van der Waals surface area contributed by atoms with Crippen LogP contribution in [-0.4, -0.2) is 27.7 Å². The van der Waals surface area contributed by atoms with Gasteiger partial charge >= 0.3 is 0 Å². The lowest BCUT2D eigenvalue weighted by Crippen LogP contribution is -2.26. The fourth-order valence-corrected chi connectivity index (χ4v) is 3.03. The Labute approximate surface area is 148 Å². The summed E-state index contributed by atoms with van der Waals surface area (Å²) in [5.74, 6) is -0.414. The van der Waals surface area contributed by atoms with Gasteiger partial charge in [0, 0.05) is 36.7 Å². The van der Waals surface area contributed by atoms with Gasteiger partial charge < -0.3 is 10.2 Å². The number of carbonyl (C=O) groups is 2. The van der Waals surface area contributed by atoms with E-state index in [9.17, 15) is 14.4 Å². The standard InChI is InChI=1S/C19H16N4O3/c24-17-5-3-11-22(17)14-8-6-13(7-9-14)21-18(25)15-12-20-16-4-1-2-10-23(16)19(15)26/h1-2,4,6-10,12H,3,5,11H2,(H,21,25). The summed E-state index contributed by atoms with van der Waals surface area (Å²) in [4.78, 5) is 42.5. The zero-order chi connectivity index (χ0) is 18.1. The number of pyridine rings is 1. The Bertz CT molecular complexity index is 1060. The predicted molar refractivity (Wildman–Crippen MR) is 97.4 cm³/mol. The molecule has 7 heteroatoms. The van der Waals surface area contributed by atoms with Crippen LogP contribution in [0.3, 0.4) is 0 Å². The van der Waals surface area contributed by atoms with Gasteiger partial charge in [0.25, 0.3) is 11.5 Å². The molecule has 3 aromatic rings. The summed E-state index contributed by atoms with van der Waals surface area (Å²) in [5, 5.41) is 2.70. The van der Waals surface area contributed by atoms with Crippen molar-refractivity contribution in [1.82, 2.24) is 9.38 Å². The summed E-state index contributed by atoms with van der Waals surface area (Å²) in [5.41, 5.74) is 1.37. The lowest BCUT2D eigenvalue weighted by atomic mass is 10.2. The van der Waals surface area contributed by atoms with Gasteiger partial charge in [-0.25, -0.2) is 4.98 Å². The minimum atomic E-state index is -0.522. The molecule has 0 saturated carbocycles. The molecular weight excluding hydrogens is 332 g/mol. The number of carbonyl (C=O) groups excluding carboxylic acids is 2. The molecule has 0 aliphatic carbocycles. The highest BCUT2D eigenvalue weighted by Crippen LogP contribution is 2.23. The van der Waals surface area contributed by atoms with E-state index in [0.717, 1.165) is 12.1 Å². The maximum atomic E-state index is 12.4. The summed E-state index contributed by atoms with van der Waals surface area (Å²) in [6.07, 6.45) is 4.28. The van der Waals surface area contributed by atoms with Crippen molar-refractivity contribution in [2.45, 2.75) is 12.8 Å². The fraction of sp³-hybridized carbons (Fsp3) is 0.158. The number of amides is 2. The molecule has 2 aromatic heterocycles. The molecule has 1 aliphatic rings. The van der Waals surface area contributed by atoms with Gasteiger partial charge in [0.2, 0.25) is 5.91 Å². The fourth-order valence-electron chi connectivity index (χ4n) is 3.03. The minimum absolute atomic E-state index is 0.0347. The van der Waals surface area contributed by atoms with Crippen LogP contribution in [0.25, 0.3) is 5.65 Å². The van der Waals surface area contributed by atoms with Gasteiger partial charge in [-0.1, -0.05) is 6.07 Å². The van der Waals surface area contributed by atoms with E-state index >= 15 is 0 Å². The van der Waals surface area contributed by atoms with E-state index in [0.29, 0.717) is 24.3 Å². The Morgan fingerprint density at radius 3 is 2.62 bits per heavy atom. The van der Waals surface area contributed by atoms with Crippen LogP contribution in [0.1, 0.15) is 23.2 Å². The van der Waals surface area contributed by atoms with E-state index in [-0.39, 0.29) is 11.5 Å². The first kappa shape index (κ1) is 16.0. The molecule has 0 spiro atoms. The van der Waals surface area contributed by atoms with Crippen molar-refractivity contribution in [3.05, 3.63) is 70.8 Å². The maximum Gasteiger partial charge on any atom is 0.270 e. The molecule has 0 atom stereocenters. The molecule has 130 valence electrons. The van der Waals surface area contributed by atoms with E-state index in [2.05, 4.69) is 10.3 Å². The smallest absolute Gasteiger partial charge is 0.270 e. The Kier molecular flexibility index (Phi) is 3.96.